The van der Waals surface area contributed by atoms with Crippen LogP contribution in [0.25, 0.3) is 0 Å². The number of benzene rings is 1. The lowest BCUT2D eigenvalue weighted by molar-refractivity contribution is 0.254. The third-order valence-corrected chi connectivity index (χ3v) is 4.60. The Morgan fingerprint density at radius 2 is 2.15 bits per heavy atom. The molecule has 1 aromatic carbocycles. The molecule has 0 aliphatic heterocycles. The minimum absolute atomic E-state index is 0.0267. The van der Waals surface area contributed by atoms with Crippen LogP contribution < -0.4 is 15.2 Å². The van der Waals surface area contributed by atoms with Gasteiger partial charge in [-0.1, -0.05) is 13.3 Å². The van der Waals surface area contributed by atoms with Crippen molar-refractivity contribution in [1.82, 2.24) is 4.72 Å². The molecule has 0 radical (unpaired) electrons. The summed E-state index contributed by atoms with van der Waals surface area (Å²) in [5, 5.41) is 8.92. The summed E-state index contributed by atoms with van der Waals surface area (Å²) in [4.78, 5) is 0.0267. The lowest BCUT2D eigenvalue weighted by atomic mass is 10.0. The molecule has 6 nitrogen and oxygen atoms in total. The molecular formula is C13H22N2O4S. The van der Waals surface area contributed by atoms with E-state index < -0.39 is 10.0 Å². The first-order chi connectivity index (χ1) is 9.44. The highest BCUT2D eigenvalue weighted by molar-refractivity contribution is 7.89. The van der Waals surface area contributed by atoms with E-state index in [4.69, 9.17) is 15.6 Å². The number of hydrogen-bond donors (Lipinski definition) is 3. The molecule has 4 N–H and O–H groups in total. The van der Waals surface area contributed by atoms with Crippen LogP contribution in [0.2, 0.25) is 0 Å². The molecule has 0 aliphatic carbocycles. The van der Waals surface area contributed by atoms with Gasteiger partial charge in [-0.15, -0.1) is 0 Å². The number of sulfonamides is 1. The van der Waals surface area contributed by atoms with Gasteiger partial charge in [0.05, 0.1) is 7.11 Å². The van der Waals surface area contributed by atoms with E-state index in [0.717, 1.165) is 6.42 Å². The average molecular weight is 302 g/mol. The summed E-state index contributed by atoms with van der Waals surface area (Å²) >= 11 is 0. The van der Waals surface area contributed by atoms with E-state index in [1.165, 1.54) is 19.2 Å². The Bertz CT molecular complexity index is 531. The summed E-state index contributed by atoms with van der Waals surface area (Å²) in [5.74, 6) is 0.351. The third-order valence-electron chi connectivity index (χ3n) is 3.15. The second-order valence-corrected chi connectivity index (χ2v) is 6.28. The number of anilines is 1. The maximum Gasteiger partial charge on any atom is 0.244 e. The van der Waals surface area contributed by atoms with Crippen molar-refractivity contribution in [2.24, 2.45) is 5.92 Å². The Morgan fingerprint density at radius 1 is 1.45 bits per heavy atom. The minimum Gasteiger partial charge on any atom is -0.495 e. The molecule has 0 fully saturated rings. The summed E-state index contributed by atoms with van der Waals surface area (Å²) in [7, 11) is -2.28. The molecule has 0 aromatic heterocycles. The Morgan fingerprint density at radius 3 is 2.70 bits per heavy atom. The number of rotatable bonds is 8. The quantitative estimate of drug-likeness (QED) is 0.621. The van der Waals surface area contributed by atoms with E-state index >= 15 is 0 Å². The number of nitrogen functional groups attached to an aromatic ring is 1. The van der Waals surface area contributed by atoms with Gasteiger partial charge in [0.15, 0.2) is 0 Å². The van der Waals surface area contributed by atoms with Crippen molar-refractivity contribution in [3.63, 3.8) is 0 Å². The van der Waals surface area contributed by atoms with E-state index in [-0.39, 0.29) is 29.7 Å². The van der Waals surface area contributed by atoms with Crippen molar-refractivity contribution < 1.29 is 18.3 Å². The van der Waals surface area contributed by atoms with Crippen molar-refractivity contribution >= 4 is 15.7 Å². The van der Waals surface area contributed by atoms with Crippen LogP contribution in [0, 0.1) is 5.92 Å². The molecule has 0 bridgehead atoms. The SMILES string of the molecule is CCC(CCO)CNS(=O)(=O)c1cc(N)ccc1OC. The summed E-state index contributed by atoms with van der Waals surface area (Å²) in [5.41, 5.74) is 5.98. The molecule has 1 aromatic rings. The standard InChI is InChI=1S/C13H22N2O4S/c1-3-10(6-7-16)9-15-20(17,18)13-8-11(14)4-5-12(13)19-2/h4-5,8,10,15-16H,3,6-7,9,14H2,1-2H3. The molecule has 1 rings (SSSR count). The van der Waals surface area contributed by atoms with Gasteiger partial charge in [0.25, 0.3) is 0 Å². The molecule has 0 spiro atoms. The number of ether oxygens (including phenoxy) is 1. The maximum absolute atomic E-state index is 12.3. The molecule has 20 heavy (non-hydrogen) atoms. The largest absolute Gasteiger partial charge is 0.495 e. The molecule has 0 saturated heterocycles. The Balaban J connectivity index is 2.91. The van der Waals surface area contributed by atoms with Crippen LogP contribution in [-0.4, -0.2) is 33.8 Å². The van der Waals surface area contributed by atoms with Crippen molar-refractivity contribution in [1.29, 1.82) is 0 Å². The number of aliphatic hydroxyl groups excluding tert-OH is 1. The average Bonchev–Trinajstić information content (AvgIpc) is 2.43. The number of nitrogens with one attached hydrogen (secondary N) is 1. The van der Waals surface area contributed by atoms with Crippen molar-refractivity contribution in [3.05, 3.63) is 18.2 Å². The topological polar surface area (TPSA) is 102 Å². The molecule has 114 valence electrons. The molecule has 0 aliphatic rings. The zero-order chi connectivity index (χ0) is 15.2. The van der Waals surface area contributed by atoms with Crippen molar-refractivity contribution in [2.45, 2.75) is 24.7 Å². The van der Waals surface area contributed by atoms with Crippen LogP contribution >= 0.6 is 0 Å². The van der Waals surface area contributed by atoms with E-state index in [1.54, 1.807) is 6.07 Å². The van der Waals surface area contributed by atoms with E-state index in [0.29, 0.717) is 12.1 Å². The Hall–Kier alpha value is -1.31. The fourth-order valence-electron chi connectivity index (χ4n) is 1.84. The van der Waals surface area contributed by atoms with Gasteiger partial charge in [0, 0.05) is 18.8 Å². The fourth-order valence-corrected chi connectivity index (χ4v) is 3.16. The van der Waals surface area contributed by atoms with Gasteiger partial charge in [-0.05, 0) is 30.5 Å². The van der Waals surface area contributed by atoms with Crippen LogP contribution in [-0.2, 0) is 10.0 Å². The number of aliphatic hydroxyl groups is 1. The number of nitrogens with two attached hydrogens (primary N) is 1. The minimum atomic E-state index is -3.69. The van der Waals surface area contributed by atoms with Crippen LogP contribution in [0.5, 0.6) is 5.75 Å². The van der Waals surface area contributed by atoms with Gasteiger partial charge in [0.1, 0.15) is 10.6 Å². The summed E-state index contributed by atoms with van der Waals surface area (Å²) in [6.45, 7) is 2.27. The van der Waals surface area contributed by atoms with Crippen LogP contribution in [0.3, 0.4) is 0 Å². The number of hydrogen-bond acceptors (Lipinski definition) is 5. The normalized spacial score (nSPS) is 13.2. The Kier molecular flexibility index (Phi) is 6.25. The van der Waals surface area contributed by atoms with Gasteiger partial charge < -0.3 is 15.6 Å². The molecule has 0 amide bonds. The van der Waals surface area contributed by atoms with Crippen LogP contribution in [0.15, 0.2) is 23.1 Å². The highest BCUT2D eigenvalue weighted by Crippen LogP contribution is 2.25. The lowest BCUT2D eigenvalue weighted by Crippen LogP contribution is -2.30. The zero-order valence-corrected chi connectivity index (χ0v) is 12.6. The maximum atomic E-state index is 12.3. The van der Waals surface area contributed by atoms with Gasteiger partial charge in [-0.3, -0.25) is 0 Å². The molecular weight excluding hydrogens is 280 g/mol. The van der Waals surface area contributed by atoms with E-state index in [9.17, 15) is 8.42 Å². The van der Waals surface area contributed by atoms with Gasteiger partial charge >= 0.3 is 0 Å². The van der Waals surface area contributed by atoms with E-state index in [2.05, 4.69) is 4.72 Å². The van der Waals surface area contributed by atoms with Crippen molar-refractivity contribution in [3.8, 4) is 5.75 Å². The van der Waals surface area contributed by atoms with Gasteiger partial charge in [0.2, 0.25) is 10.0 Å². The first-order valence-corrected chi connectivity index (χ1v) is 7.97. The predicted molar refractivity (Wildman–Crippen MR) is 78.1 cm³/mol. The first kappa shape index (κ1) is 16.7. The smallest absolute Gasteiger partial charge is 0.244 e. The summed E-state index contributed by atoms with van der Waals surface area (Å²) in [6, 6.07) is 4.47. The van der Waals surface area contributed by atoms with Crippen molar-refractivity contribution in [2.75, 3.05) is 26.0 Å². The highest BCUT2D eigenvalue weighted by atomic mass is 32.2. The molecule has 0 saturated carbocycles. The van der Waals surface area contributed by atoms with E-state index in [1.807, 2.05) is 6.92 Å². The monoisotopic (exact) mass is 302 g/mol. The highest BCUT2D eigenvalue weighted by Gasteiger charge is 2.20. The molecule has 0 heterocycles. The van der Waals surface area contributed by atoms with Gasteiger partial charge in [-0.25, -0.2) is 13.1 Å². The zero-order valence-electron chi connectivity index (χ0n) is 11.8. The van der Waals surface area contributed by atoms with Crippen LogP contribution in [0.1, 0.15) is 19.8 Å². The Labute approximate surface area is 120 Å². The second kappa shape index (κ2) is 7.47. The third kappa shape index (κ3) is 4.36. The summed E-state index contributed by atoms with van der Waals surface area (Å²) in [6.07, 6.45) is 1.35. The number of methoxy groups -OCH3 is 1. The molecule has 1 unspecified atom stereocenters. The van der Waals surface area contributed by atoms with Gasteiger partial charge in [-0.2, -0.15) is 0 Å². The fraction of sp³-hybridized carbons (Fsp3) is 0.538. The lowest BCUT2D eigenvalue weighted by Gasteiger charge is -2.16. The predicted octanol–water partition coefficient (Wildman–Crippen LogP) is 0.964. The van der Waals surface area contributed by atoms with Crippen LogP contribution in [0.4, 0.5) is 5.69 Å². The second-order valence-electron chi connectivity index (χ2n) is 4.55. The molecule has 7 heteroatoms. The summed E-state index contributed by atoms with van der Waals surface area (Å²) < 4.78 is 32.2. The first-order valence-electron chi connectivity index (χ1n) is 6.48. The molecule has 1 atom stereocenters.